The van der Waals surface area contributed by atoms with Crippen molar-refractivity contribution in [3.8, 4) is 0 Å². The predicted octanol–water partition coefficient (Wildman–Crippen LogP) is 2.75. The average molecular weight is 254 g/mol. The van der Waals surface area contributed by atoms with Gasteiger partial charge in [-0.3, -0.25) is 4.79 Å². The Morgan fingerprint density at radius 3 is 2.47 bits per heavy atom. The minimum atomic E-state index is -0.0899. The molecular weight excluding hydrogens is 236 g/mol. The largest absolute Gasteiger partial charge is 0.330 e. The lowest BCUT2D eigenvalue weighted by atomic mass is 10.0. The number of hydrogen-bond acceptors (Lipinski definition) is 2. The first-order valence-corrected chi connectivity index (χ1v) is 6.36. The normalized spacial score (nSPS) is 10.2. The molecule has 0 unspecified atom stereocenters. The first-order chi connectivity index (χ1) is 9.20. The zero-order valence-corrected chi connectivity index (χ0v) is 11.0. The highest BCUT2D eigenvalue weighted by atomic mass is 16.1. The monoisotopic (exact) mass is 254 g/mol. The number of nitrogens with one attached hydrogen (secondary N) is 1. The number of aryl methyl sites for hydroxylation is 1. The molecular formula is C16H18N2O. The molecule has 0 saturated carbocycles. The van der Waals surface area contributed by atoms with E-state index >= 15 is 0 Å². The molecule has 0 fully saturated rings. The maximum Gasteiger partial charge on any atom is 0.255 e. The number of amides is 1. The highest BCUT2D eigenvalue weighted by molar-refractivity contribution is 6.05. The second-order valence-corrected chi connectivity index (χ2v) is 4.52. The second-order valence-electron chi connectivity index (χ2n) is 4.52. The molecule has 1 amide bonds. The third-order valence-corrected chi connectivity index (χ3v) is 2.99. The van der Waals surface area contributed by atoms with Gasteiger partial charge in [-0.2, -0.15) is 0 Å². The van der Waals surface area contributed by atoms with Gasteiger partial charge in [-0.15, -0.1) is 0 Å². The van der Waals surface area contributed by atoms with Gasteiger partial charge < -0.3 is 11.1 Å². The molecule has 2 aromatic rings. The van der Waals surface area contributed by atoms with E-state index in [1.807, 2.05) is 55.5 Å². The van der Waals surface area contributed by atoms with Crippen molar-refractivity contribution in [3.63, 3.8) is 0 Å². The molecule has 3 N–H and O–H groups in total. The van der Waals surface area contributed by atoms with Crippen LogP contribution < -0.4 is 11.1 Å². The van der Waals surface area contributed by atoms with Crippen molar-refractivity contribution >= 4 is 11.6 Å². The van der Waals surface area contributed by atoms with E-state index in [1.165, 1.54) is 5.56 Å². The third kappa shape index (κ3) is 3.42. The Balaban J connectivity index is 2.18. The number of anilines is 1. The lowest BCUT2D eigenvalue weighted by Crippen LogP contribution is -2.15. The zero-order chi connectivity index (χ0) is 13.7. The first kappa shape index (κ1) is 13.3. The molecule has 0 aliphatic rings. The summed E-state index contributed by atoms with van der Waals surface area (Å²) in [5.41, 5.74) is 9.21. The highest BCUT2D eigenvalue weighted by Crippen LogP contribution is 2.14. The quantitative estimate of drug-likeness (QED) is 0.881. The Morgan fingerprint density at radius 2 is 1.79 bits per heavy atom. The third-order valence-electron chi connectivity index (χ3n) is 2.99. The van der Waals surface area contributed by atoms with Crippen LogP contribution in [0, 0.1) is 6.92 Å². The summed E-state index contributed by atoms with van der Waals surface area (Å²) in [4.78, 5) is 12.2. The zero-order valence-electron chi connectivity index (χ0n) is 11.0. The number of benzene rings is 2. The van der Waals surface area contributed by atoms with Crippen molar-refractivity contribution in [2.45, 2.75) is 13.3 Å². The van der Waals surface area contributed by atoms with Gasteiger partial charge in [0, 0.05) is 11.3 Å². The Kier molecular flexibility index (Phi) is 4.31. The van der Waals surface area contributed by atoms with E-state index in [2.05, 4.69) is 5.32 Å². The Morgan fingerprint density at radius 1 is 1.11 bits per heavy atom. The summed E-state index contributed by atoms with van der Waals surface area (Å²) in [7, 11) is 0. The minimum Gasteiger partial charge on any atom is -0.330 e. The fraction of sp³-hybridized carbons (Fsp3) is 0.188. The van der Waals surface area contributed by atoms with Crippen molar-refractivity contribution in [1.29, 1.82) is 0 Å². The lowest BCUT2D eigenvalue weighted by molar-refractivity contribution is 0.102. The standard InChI is InChI=1S/C16H18N2O/c1-12-6-8-14(9-7-12)18-16(19)15-5-3-2-4-13(15)10-11-17/h2-9H,10-11,17H2,1H3,(H,18,19). The Bertz CT molecular complexity index is 561. The molecule has 0 atom stereocenters. The number of rotatable bonds is 4. The number of nitrogens with two attached hydrogens (primary N) is 1. The van der Waals surface area contributed by atoms with Crippen LogP contribution in [0.4, 0.5) is 5.69 Å². The van der Waals surface area contributed by atoms with Gasteiger partial charge in [0.15, 0.2) is 0 Å². The van der Waals surface area contributed by atoms with Crippen LogP contribution in [0.15, 0.2) is 48.5 Å². The molecule has 2 aromatic carbocycles. The number of carbonyl (C=O) groups excluding carboxylic acids is 1. The summed E-state index contributed by atoms with van der Waals surface area (Å²) in [6, 6.07) is 15.3. The van der Waals surface area contributed by atoms with Gasteiger partial charge in [-0.05, 0) is 43.7 Å². The molecule has 0 aromatic heterocycles. The fourth-order valence-corrected chi connectivity index (χ4v) is 1.95. The molecule has 3 heteroatoms. The van der Waals surface area contributed by atoms with Crippen LogP contribution in [0.1, 0.15) is 21.5 Å². The van der Waals surface area contributed by atoms with Crippen molar-refractivity contribution < 1.29 is 4.79 Å². The van der Waals surface area contributed by atoms with E-state index in [4.69, 9.17) is 5.73 Å². The predicted molar refractivity (Wildman–Crippen MR) is 78.3 cm³/mol. The molecule has 2 rings (SSSR count). The maximum absolute atomic E-state index is 12.2. The van der Waals surface area contributed by atoms with Crippen molar-refractivity contribution in [1.82, 2.24) is 0 Å². The average Bonchev–Trinajstić information content (AvgIpc) is 2.42. The Hall–Kier alpha value is -2.13. The van der Waals surface area contributed by atoms with Crippen LogP contribution in [-0.4, -0.2) is 12.5 Å². The molecule has 0 spiro atoms. The number of carbonyl (C=O) groups is 1. The van der Waals surface area contributed by atoms with Gasteiger partial charge >= 0.3 is 0 Å². The van der Waals surface area contributed by atoms with Crippen molar-refractivity contribution in [2.75, 3.05) is 11.9 Å². The topological polar surface area (TPSA) is 55.1 Å². The van der Waals surface area contributed by atoms with Gasteiger partial charge in [0.25, 0.3) is 5.91 Å². The van der Waals surface area contributed by atoms with Crippen LogP contribution in [0.25, 0.3) is 0 Å². The van der Waals surface area contributed by atoms with Crippen LogP contribution in [0.3, 0.4) is 0 Å². The fourth-order valence-electron chi connectivity index (χ4n) is 1.95. The number of hydrogen-bond donors (Lipinski definition) is 2. The van der Waals surface area contributed by atoms with Gasteiger partial charge in [0.05, 0.1) is 0 Å². The summed E-state index contributed by atoms with van der Waals surface area (Å²) in [6.45, 7) is 2.55. The van der Waals surface area contributed by atoms with E-state index in [0.29, 0.717) is 18.5 Å². The van der Waals surface area contributed by atoms with Crippen LogP contribution in [-0.2, 0) is 6.42 Å². The molecule has 98 valence electrons. The van der Waals surface area contributed by atoms with Gasteiger partial charge in [-0.1, -0.05) is 35.9 Å². The summed E-state index contributed by atoms with van der Waals surface area (Å²) in [6.07, 6.45) is 0.706. The van der Waals surface area contributed by atoms with E-state index in [9.17, 15) is 4.79 Å². The summed E-state index contributed by atoms with van der Waals surface area (Å²) >= 11 is 0. The highest BCUT2D eigenvalue weighted by Gasteiger charge is 2.10. The second kappa shape index (κ2) is 6.16. The summed E-state index contributed by atoms with van der Waals surface area (Å²) in [5.74, 6) is -0.0899. The maximum atomic E-state index is 12.2. The van der Waals surface area contributed by atoms with Crippen LogP contribution in [0.5, 0.6) is 0 Å². The van der Waals surface area contributed by atoms with Gasteiger partial charge in [0.1, 0.15) is 0 Å². The van der Waals surface area contributed by atoms with E-state index in [1.54, 1.807) is 0 Å². The minimum absolute atomic E-state index is 0.0899. The SMILES string of the molecule is Cc1ccc(NC(=O)c2ccccc2CCN)cc1. The molecule has 19 heavy (non-hydrogen) atoms. The van der Waals surface area contributed by atoms with E-state index in [0.717, 1.165) is 11.3 Å². The van der Waals surface area contributed by atoms with Crippen LogP contribution >= 0.6 is 0 Å². The summed E-state index contributed by atoms with van der Waals surface area (Å²) < 4.78 is 0. The van der Waals surface area contributed by atoms with Gasteiger partial charge in [-0.25, -0.2) is 0 Å². The molecule has 0 aliphatic heterocycles. The molecule has 0 heterocycles. The lowest BCUT2D eigenvalue weighted by Gasteiger charge is -2.09. The van der Waals surface area contributed by atoms with E-state index in [-0.39, 0.29) is 5.91 Å². The summed E-state index contributed by atoms with van der Waals surface area (Å²) in [5, 5.41) is 2.90. The van der Waals surface area contributed by atoms with Crippen LogP contribution in [0.2, 0.25) is 0 Å². The molecule has 0 radical (unpaired) electrons. The van der Waals surface area contributed by atoms with E-state index < -0.39 is 0 Å². The molecule has 0 bridgehead atoms. The van der Waals surface area contributed by atoms with Gasteiger partial charge in [0.2, 0.25) is 0 Å². The Labute approximate surface area is 113 Å². The smallest absolute Gasteiger partial charge is 0.255 e. The van der Waals surface area contributed by atoms with Crippen molar-refractivity contribution in [3.05, 3.63) is 65.2 Å². The van der Waals surface area contributed by atoms with Crippen molar-refractivity contribution in [2.24, 2.45) is 5.73 Å². The molecule has 0 aliphatic carbocycles. The first-order valence-electron chi connectivity index (χ1n) is 6.36. The molecule has 3 nitrogen and oxygen atoms in total. The molecule has 0 saturated heterocycles.